The smallest absolute Gasteiger partial charge is 0.305 e. The number of unbranched alkanes of at least 4 members (excludes halogenated alkanes) is 46. The second-order valence-electron chi connectivity index (χ2n) is 22.5. The third-order valence-corrected chi connectivity index (χ3v) is 15.3. The molecule has 3 N–H and O–H groups in total. The number of aliphatic hydroxyl groups excluding tert-OH is 2. The van der Waals surface area contributed by atoms with Crippen LogP contribution in [0.25, 0.3) is 0 Å². The fourth-order valence-electron chi connectivity index (χ4n) is 10.3. The van der Waals surface area contributed by atoms with Crippen LogP contribution in [-0.2, 0) is 14.3 Å². The average molecular weight is 1010 g/mol. The summed E-state index contributed by atoms with van der Waals surface area (Å²) in [5, 5.41) is 23.3. The Labute approximate surface area is 450 Å². The van der Waals surface area contributed by atoms with Crippen molar-refractivity contribution in [1.29, 1.82) is 0 Å². The van der Waals surface area contributed by atoms with Crippen LogP contribution in [0.1, 0.15) is 361 Å². The molecule has 2 atom stereocenters. The number of aliphatic hydroxyl groups is 2. The van der Waals surface area contributed by atoms with E-state index in [9.17, 15) is 19.8 Å². The van der Waals surface area contributed by atoms with E-state index in [0.717, 1.165) is 44.9 Å². The van der Waals surface area contributed by atoms with E-state index in [-0.39, 0.29) is 18.5 Å². The number of hydrogen-bond acceptors (Lipinski definition) is 5. The van der Waals surface area contributed by atoms with Gasteiger partial charge in [-0.3, -0.25) is 9.59 Å². The molecule has 6 nitrogen and oxygen atoms in total. The first-order valence-corrected chi connectivity index (χ1v) is 32.6. The van der Waals surface area contributed by atoms with Crippen LogP contribution < -0.4 is 5.32 Å². The summed E-state index contributed by atoms with van der Waals surface area (Å²) in [4.78, 5) is 24.5. The molecular formula is C66H127NO5. The predicted molar refractivity (Wildman–Crippen MR) is 315 cm³/mol. The highest BCUT2D eigenvalue weighted by atomic mass is 16.5. The van der Waals surface area contributed by atoms with E-state index in [2.05, 4.69) is 43.5 Å². The summed E-state index contributed by atoms with van der Waals surface area (Å²) in [6, 6.07) is -0.546. The summed E-state index contributed by atoms with van der Waals surface area (Å²) in [5.41, 5.74) is 0. The fraction of sp³-hybridized carbons (Fsp3) is 0.909. The number of hydrogen-bond donors (Lipinski definition) is 3. The Morgan fingerprint density at radius 2 is 0.694 bits per heavy atom. The molecule has 0 radical (unpaired) electrons. The summed E-state index contributed by atoms with van der Waals surface area (Å²) < 4.78 is 5.48. The number of ether oxygens (including phenoxy) is 1. The van der Waals surface area contributed by atoms with Gasteiger partial charge in [-0.05, 0) is 57.8 Å². The van der Waals surface area contributed by atoms with Crippen molar-refractivity contribution in [2.75, 3.05) is 13.2 Å². The molecule has 0 rings (SSSR count). The number of carbonyl (C=O) groups is 2. The number of rotatable bonds is 61. The minimum atomic E-state index is -0.668. The van der Waals surface area contributed by atoms with E-state index in [0.29, 0.717) is 25.9 Å². The monoisotopic (exact) mass is 1010 g/mol. The maximum Gasteiger partial charge on any atom is 0.305 e. The molecule has 6 heteroatoms. The van der Waals surface area contributed by atoms with E-state index in [4.69, 9.17) is 4.74 Å². The summed E-state index contributed by atoms with van der Waals surface area (Å²) in [5.74, 6) is -0.0268. The van der Waals surface area contributed by atoms with Gasteiger partial charge in [0.1, 0.15) is 0 Å². The molecular weight excluding hydrogens is 887 g/mol. The van der Waals surface area contributed by atoms with Crippen LogP contribution in [0.5, 0.6) is 0 Å². The van der Waals surface area contributed by atoms with Crippen molar-refractivity contribution in [3.8, 4) is 0 Å². The molecule has 0 bridgehead atoms. The molecule has 0 aromatic carbocycles. The molecule has 72 heavy (non-hydrogen) atoms. The third-order valence-electron chi connectivity index (χ3n) is 15.3. The van der Waals surface area contributed by atoms with E-state index < -0.39 is 12.1 Å². The maximum absolute atomic E-state index is 12.5. The number of allylic oxidation sites excluding steroid dienone is 4. The Bertz CT molecular complexity index is 1120. The van der Waals surface area contributed by atoms with Crippen LogP contribution in [0.3, 0.4) is 0 Å². The van der Waals surface area contributed by atoms with Crippen molar-refractivity contribution in [3.63, 3.8) is 0 Å². The van der Waals surface area contributed by atoms with E-state index in [1.807, 2.05) is 0 Å². The molecule has 0 aliphatic heterocycles. The molecule has 0 fully saturated rings. The van der Waals surface area contributed by atoms with Crippen LogP contribution in [-0.4, -0.2) is 47.4 Å². The van der Waals surface area contributed by atoms with Crippen molar-refractivity contribution in [1.82, 2.24) is 5.32 Å². The zero-order valence-electron chi connectivity index (χ0n) is 48.7. The van der Waals surface area contributed by atoms with Crippen LogP contribution in [0, 0.1) is 0 Å². The number of amides is 1. The fourth-order valence-corrected chi connectivity index (χ4v) is 10.3. The summed E-state index contributed by atoms with van der Waals surface area (Å²) >= 11 is 0. The molecule has 2 unspecified atom stereocenters. The Kier molecular flexibility index (Phi) is 60.5. The first kappa shape index (κ1) is 70.3. The van der Waals surface area contributed by atoms with Crippen molar-refractivity contribution < 1.29 is 24.5 Å². The maximum atomic E-state index is 12.5. The first-order chi connectivity index (χ1) is 35.5. The SMILES string of the molecule is CCCCCCCCCCCCCCCCCCC(O)C(CO)NC(=O)CCCCCCCCCCC/C=C\C/C=C\CCCCCCCCCCCOC(=O)CCCCCCCCCCCCCCCC. The van der Waals surface area contributed by atoms with Gasteiger partial charge in [0.2, 0.25) is 5.91 Å². The van der Waals surface area contributed by atoms with Crippen molar-refractivity contribution in [2.45, 2.75) is 373 Å². The molecule has 0 spiro atoms. The van der Waals surface area contributed by atoms with Gasteiger partial charge in [-0.2, -0.15) is 0 Å². The lowest BCUT2D eigenvalue weighted by atomic mass is 10.0. The van der Waals surface area contributed by atoms with Crippen LogP contribution in [0.4, 0.5) is 0 Å². The van der Waals surface area contributed by atoms with Crippen LogP contribution in [0.15, 0.2) is 24.3 Å². The molecule has 426 valence electrons. The van der Waals surface area contributed by atoms with E-state index in [1.54, 1.807) is 0 Å². The summed E-state index contributed by atoms with van der Waals surface area (Å²) in [7, 11) is 0. The first-order valence-electron chi connectivity index (χ1n) is 32.6. The highest BCUT2D eigenvalue weighted by molar-refractivity contribution is 5.76. The van der Waals surface area contributed by atoms with Gasteiger partial charge in [0.05, 0.1) is 25.4 Å². The zero-order chi connectivity index (χ0) is 52.2. The van der Waals surface area contributed by atoms with Crippen molar-refractivity contribution in [3.05, 3.63) is 24.3 Å². The summed E-state index contributed by atoms with van der Waals surface area (Å²) in [6.07, 6.45) is 76.3. The number of nitrogens with one attached hydrogen (secondary N) is 1. The molecule has 1 amide bonds. The minimum Gasteiger partial charge on any atom is -0.466 e. The minimum absolute atomic E-state index is 0.0118. The molecule has 0 saturated heterocycles. The predicted octanol–water partition coefficient (Wildman–Crippen LogP) is 20.6. The Morgan fingerprint density at radius 3 is 1.06 bits per heavy atom. The van der Waals surface area contributed by atoms with Crippen molar-refractivity contribution >= 4 is 11.9 Å². The Balaban J connectivity index is 3.42. The lowest BCUT2D eigenvalue weighted by Gasteiger charge is -2.22. The van der Waals surface area contributed by atoms with E-state index in [1.165, 1.54) is 283 Å². The molecule has 0 aromatic heterocycles. The number of esters is 1. The largest absolute Gasteiger partial charge is 0.466 e. The quantitative estimate of drug-likeness (QED) is 0.0320. The Hall–Kier alpha value is -1.66. The van der Waals surface area contributed by atoms with Crippen LogP contribution in [0.2, 0.25) is 0 Å². The zero-order valence-corrected chi connectivity index (χ0v) is 48.7. The van der Waals surface area contributed by atoms with Crippen LogP contribution >= 0.6 is 0 Å². The average Bonchev–Trinajstić information content (AvgIpc) is 3.38. The van der Waals surface area contributed by atoms with Gasteiger partial charge in [0.15, 0.2) is 0 Å². The highest BCUT2D eigenvalue weighted by Crippen LogP contribution is 2.18. The molecule has 0 saturated carbocycles. The van der Waals surface area contributed by atoms with Gasteiger partial charge in [0.25, 0.3) is 0 Å². The second kappa shape index (κ2) is 61.9. The van der Waals surface area contributed by atoms with Gasteiger partial charge in [-0.25, -0.2) is 0 Å². The number of carbonyl (C=O) groups excluding carboxylic acids is 2. The summed E-state index contributed by atoms with van der Waals surface area (Å²) in [6.45, 7) is 4.97. The normalized spacial score (nSPS) is 12.7. The highest BCUT2D eigenvalue weighted by Gasteiger charge is 2.20. The standard InChI is InChI=1S/C66H127NO5/c1-3-5-7-9-11-13-15-17-19-31-34-38-42-46-50-54-58-64(69)63(62-68)67-65(70)59-55-51-47-43-39-35-32-29-27-25-23-21-20-22-24-26-28-30-33-37-41-45-49-53-57-61-72-66(71)60-56-52-48-44-40-36-18-16-14-12-10-8-6-4-2/h21-24,63-64,68-69H,3-20,25-62H2,1-2H3,(H,67,70)/b23-21-,24-22-. The lowest BCUT2D eigenvalue weighted by molar-refractivity contribution is -0.143. The molecule has 0 aliphatic rings. The van der Waals surface area contributed by atoms with E-state index >= 15 is 0 Å². The van der Waals surface area contributed by atoms with Gasteiger partial charge in [-0.15, -0.1) is 0 Å². The Morgan fingerprint density at radius 1 is 0.389 bits per heavy atom. The van der Waals surface area contributed by atoms with Crippen molar-refractivity contribution in [2.24, 2.45) is 0 Å². The van der Waals surface area contributed by atoms with Gasteiger partial charge < -0.3 is 20.3 Å². The third kappa shape index (κ3) is 57.6. The molecule has 0 aromatic rings. The van der Waals surface area contributed by atoms with Gasteiger partial charge >= 0.3 is 5.97 Å². The van der Waals surface area contributed by atoms with Gasteiger partial charge in [0, 0.05) is 12.8 Å². The molecule has 0 heterocycles. The molecule has 0 aliphatic carbocycles. The lowest BCUT2D eigenvalue weighted by Crippen LogP contribution is -2.45. The van der Waals surface area contributed by atoms with Gasteiger partial charge in [-0.1, -0.05) is 314 Å². The topological polar surface area (TPSA) is 95.9 Å². The second-order valence-corrected chi connectivity index (χ2v) is 22.5.